The molecule has 6 heteroatoms. The third-order valence-electron chi connectivity index (χ3n) is 4.03. The molecule has 1 unspecified atom stereocenters. The van der Waals surface area contributed by atoms with Crippen LogP contribution in [0.3, 0.4) is 0 Å². The summed E-state index contributed by atoms with van der Waals surface area (Å²) in [5.74, 6) is 0.991. The van der Waals surface area contributed by atoms with Gasteiger partial charge in [0.1, 0.15) is 0 Å². The minimum atomic E-state index is -0.407. The van der Waals surface area contributed by atoms with Crippen molar-refractivity contribution in [3.8, 4) is 0 Å². The molecule has 1 saturated carbocycles. The normalized spacial score (nSPS) is 23.6. The first-order valence-corrected chi connectivity index (χ1v) is 7.45. The molecule has 5 nitrogen and oxygen atoms in total. The number of hydrogen-bond acceptors (Lipinski definition) is 5. The number of aryl methyl sites for hydroxylation is 1. The van der Waals surface area contributed by atoms with Crippen LogP contribution in [0.15, 0.2) is 21.9 Å². The van der Waals surface area contributed by atoms with Gasteiger partial charge < -0.3 is 9.73 Å². The van der Waals surface area contributed by atoms with E-state index in [4.69, 9.17) is 4.42 Å². The minimum absolute atomic E-state index is 0.00725. The summed E-state index contributed by atoms with van der Waals surface area (Å²) in [5, 5.41) is 12.6. The van der Waals surface area contributed by atoms with Gasteiger partial charge in [0.15, 0.2) is 0 Å². The van der Waals surface area contributed by atoms with Crippen molar-refractivity contribution >= 4 is 17.2 Å². The number of nitrogens with zero attached hydrogens (tertiary/aromatic N) is 2. The van der Waals surface area contributed by atoms with E-state index in [2.05, 4.69) is 29.4 Å². The molecule has 1 N–H and O–H groups in total. The second kappa shape index (κ2) is 4.41. The summed E-state index contributed by atoms with van der Waals surface area (Å²) in [6, 6.07) is 4.03. The van der Waals surface area contributed by atoms with E-state index < -0.39 is 5.41 Å². The van der Waals surface area contributed by atoms with Crippen LogP contribution in [-0.2, 0) is 16.8 Å². The van der Waals surface area contributed by atoms with Crippen molar-refractivity contribution in [3.63, 3.8) is 0 Å². The van der Waals surface area contributed by atoms with E-state index in [1.54, 1.807) is 18.3 Å². The monoisotopic (exact) mass is 291 g/mol. The molecule has 2 aromatic heterocycles. The molecule has 0 aromatic carbocycles. The van der Waals surface area contributed by atoms with Crippen molar-refractivity contribution in [3.05, 3.63) is 34.2 Å². The van der Waals surface area contributed by atoms with Gasteiger partial charge in [-0.15, -0.1) is 21.5 Å². The average molecular weight is 291 g/mol. The molecule has 0 radical (unpaired) electrons. The molecule has 20 heavy (non-hydrogen) atoms. The SMILES string of the molecule is Cc1nnc(CNC(=O)C2(c3cccs3)CC2(C)C)o1. The van der Waals surface area contributed by atoms with Gasteiger partial charge in [-0.05, 0) is 23.3 Å². The lowest BCUT2D eigenvalue weighted by atomic mass is 9.93. The minimum Gasteiger partial charge on any atom is -0.424 e. The van der Waals surface area contributed by atoms with Crippen LogP contribution in [-0.4, -0.2) is 16.1 Å². The Morgan fingerprint density at radius 2 is 2.25 bits per heavy atom. The summed E-state index contributed by atoms with van der Waals surface area (Å²) in [6.45, 7) is 6.27. The Labute approximate surface area is 121 Å². The number of hydrogen-bond donors (Lipinski definition) is 1. The van der Waals surface area contributed by atoms with Crippen molar-refractivity contribution in [2.24, 2.45) is 5.41 Å². The highest BCUT2D eigenvalue weighted by atomic mass is 32.1. The maximum atomic E-state index is 12.6. The van der Waals surface area contributed by atoms with Crippen LogP contribution in [0, 0.1) is 12.3 Å². The van der Waals surface area contributed by atoms with E-state index in [1.807, 2.05) is 17.5 Å². The molecule has 0 saturated heterocycles. The van der Waals surface area contributed by atoms with Gasteiger partial charge in [-0.25, -0.2) is 0 Å². The van der Waals surface area contributed by atoms with Gasteiger partial charge in [0.2, 0.25) is 17.7 Å². The van der Waals surface area contributed by atoms with Gasteiger partial charge in [0, 0.05) is 11.8 Å². The van der Waals surface area contributed by atoms with Gasteiger partial charge in [-0.1, -0.05) is 19.9 Å². The molecular weight excluding hydrogens is 274 g/mol. The predicted molar refractivity (Wildman–Crippen MR) is 75.3 cm³/mol. The lowest BCUT2D eigenvalue weighted by Gasteiger charge is -2.18. The van der Waals surface area contributed by atoms with E-state index in [1.165, 1.54) is 0 Å². The van der Waals surface area contributed by atoms with E-state index in [0.29, 0.717) is 11.8 Å². The second-order valence-electron chi connectivity index (χ2n) is 5.84. The summed E-state index contributed by atoms with van der Waals surface area (Å²) in [5.41, 5.74) is -0.414. The number of carbonyl (C=O) groups is 1. The fourth-order valence-corrected chi connectivity index (χ4v) is 3.88. The van der Waals surface area contributed by atoms with E-state index in [0.717, 1.165) is 11.3 Å². The number of aromatic nitrogens is 2. The lowest BCUT2D eigenvalue weighted by molar-refractivity contribution is -0.124. The Morgan fingerprint density at radius 3 is 2.75 bits per heavy atom. The standard InChI is InChI=1S/C14H17N3O2S/c1-9-16-17-11(19-9)7-15-12(18)14(8-13(14,2)3)10-5-4-6-20-10/h4-6H,7-8H2,1-3H3,(H,15,18). The highest BCUT2D eigenvalue weighted by Crippen LogP contribution is 2.65. The Bertz CT molecular complexity index is 633. The van der Waals surface area contributed by atoms with Crippen molar-refractivity contribution in [1.29, 1.82) is 0 Å². The molecule has 106 valence electrons. The molecule has 0 spiro atoms. The van der Waals surface area contributed by atoms with E-state index in [-0.39, 0.29) is 17.9 Å². The number of carbonyl (C=O) groups excluding carboxylic acids is 1. The lowest BCUT2D eigenvalue weighted by Crippen LogP contribution is -2.37. The van der Waals surface area contributed by atoms with Crippen molar-refractivity contribution in [2.45, 2.75) is 39.2 Å². The molecule has 1 aliphatic rings. The molecule has 0 aliphatic heterocycles. The smallest absolute Gasteiger partial charge is 0.235 e. The maximum absolute atomic E-state index is 12.6. The number of thiophene rings is 1. The molecular formula is C14H17N3O2S. The van der Waals surface area contributed by atoms with Crippen LogP contribution >= 0.6 is 11.3 Å². The summed E-state index contributed by atoms with van der Waals surface area (Å²) < 4.78 is 5.28. The Balaban J connectivity index is 1.75. The molecule has 1 aliphatic carbocycles. The quantitative estimate of drug-likeness (QED) is 0.939. The summed E-state index contributed by atoms with van der Waals surface area (Å²) in [6.07, 6.45) is 0.870. The summed E-state index contributed by atoms with van der Waals surface area (Å²) in [4.78, 5) is 13.8. The first kappa shape index (κ1) is 13.3. The molecule has 2 aromatic rings. The number of rotatable bonds is 4. The van der Waals surface area contributed by atoms with E-state index >= 15 is 0 Å². The largest absolute Gasteiger partial charge is 0.424 e. The zero-order chi connectivity index (χ0) is 14.4. The Hall–Kier alpha value is -1.69. The Kier molecular flexibility index (Phi) is 2.93. The second-order valence-corrected chi connectivity index (χ2v) is 6.79. The van der Waals surface area contributed by atoms with Crippen LogP contribution in [0.2, 0.25) is 0 Å². The van der Waals surface area contributed by atoms with Gasteiger partial charge in [-0.3, -0.25) is 4.79 Å². The molecule has 1 atom stereocenters. The van der Waals surface area contributed by atoms with Crippen molar-refractivity contribution in [2.75, 3.05) is 0 Å². The highest BCUT2D eigenvalue weighted by Gasteiger charge is 2.67. The highest BCUT2D eigenvalue weighted by molar-refractivity contribution is 7.10. The van der Waals surface area contributed by atoms with Gasteiger partial charge >= 0.3 is 0 Å². The average Bonchev–Trinajstić information content (AvgIpc) is 2.86. The van der Waals surface area contributed by atoms with Gasteiger partial charge in [0.25, 0.3) is 0 Å². The molecule has 1 amide bonds. The molecule has 0 bridgehead atoms. The first-order valence-electron chi connectivity index (χ1n) is 6.57. The van der Waals surface area contributed by atoms with Crippen LogP contribution in [0.1, 0.15) is 36.9 Å². The van der Waals surface area contributed by atoms with Crippen LogP contribution in [0.4, 0.5) is 0 Å². The van der Waals surface area contributed by atoms with Gasteiger partial charge in [0.05, 0.1) is 12.0 Å². The van der Waals surface area contributed by atoms with Gasteiger partial charge in [-0.2, -0.15) is 0 Å². The maximum Gasteiger partial charge on any atom is 0.235 e. The zero-order valence-electron chi connectivity index (χ0n) is 11.8. The molecule has 2 heterocycles. The third-order valence-corrected chi connectivity index (χ3v) is 5.07. The number of nitrogens with one attached hydrogen (secondary N) is 1. The van der Waals surface area contributed by atoms with E-state index in [9.17, 15) is 4.79 Å². The number of amides is 1. The topological polar surface area (TPSA) is 68.0 Å². The van der Waals surface area contributed by atoms with Crippen LogP contribution in [0.25, 0.3) is 0 Å². The summed E-state index contributed by atoms with van der Waals surface area (Å²) in [7, 11) is 0. The molecule has 1 fully saturated rings. The van der Waals surface area contributed by atoms with Crippen LogP contribution in [0.5, 0.6) is 0 Å². The zero-order valence-corrected chi connectivity index (χ0v) is 12.6. The Morgan fingerprint density at radius 1 is 1.50 bits per heavy atom. The third kappa shape index (κ3) is 1.95. The van der Waals surface area contributed by atoms with Crippen molar-refractivity contribution < 1.29 is 9.21 Å². The van der Waals surface area contributed by atoms with Crippen LogP contribution < -0.4 is 5.32 Å². The first-order chi connectivity index (χ1) is 9.46. The van der Waals surface area contributed by atoms with Crippen molar-refractivity contribution in [1.82, 2.24) is 15.5 Å². The fourth-order valence-electron chi connectivity index (χ4n) is 2.78. The molecule has 3 rings (SSSR count). The predicted octanol–water partition coefficient (Wildman–Crippen LogP) is 2.42. The fraction of sp³-hybridized carbons (Fsp3) is 0.500. The summed E-state index contributed by atoms with van der Waals surface area (Å²) >= 11 is 1.64.